The van der Waals surface area contributed by atoms with Crippen LogP contribution in [0.1, 0.15) is 31.1 Å². The lowest BCUT2D eigenvalue weighted by molar-refractivity contribution is -0.143. The van der Waals surface area contributed by atoms with Crippen molar-refractivity contribution in [3.63, 3.8) is 0 Å². The molecule has 32 heavy (non-hydrogen) atoms. The molecule has 8 heteroatoms. The summed E-state index contributed by atoms with van der Waals surface area (Å²) in [5.41, 5.74) is 0.997. The van der Waals surface area contributed by atoms with Crippen LogP contribution in [-0.2, 0) is 9.59 Å². The van der Waals surface area contributed by atoms with E-state index >= 15 is 0 Å². The van der Waals surface area contributed by atoms with Crippen LogP contribution in [0.5, 0.6) is 0 Å². The molecule has 0 saturated carbocycles. The van der Waals surface area contributed by atoms with Gasteiger partial charge in [0.25, 0.3) is 5.91 Å². The van der Waals surface area contributed by atoms with E-state index in [1.165, 1.54) is 13.0 Å². The maximum atomic E-state index is 12.7. The molecular formula is C24H24N2O6. The second kappa shape index (κ2) is 9.47. The lowest BCUT2D eigenvalue weighted by Crippen LogP contribution is -2.52. The van der Waals surface area contributed by atoms with Gasteiger partial charge in [-0.2, -0.15) is 0 Å². The third-order valence-corrected chi connectivity index (χ3v) is 5.05. The maximum absolute atomic E-state index is 12.7. The number of nitrogens with one attached hydrogen (secondary N) is 2. The molecule has 2 aromatic carbocycles. The second-order valence-electron chi connectivity index (χ2n) is 7.83. The van der Waals surface area contributed by atoms with Gasteiger partial charge in [0.15, 0.2) is 0 Å². The summed E-state index contributed by atoms with van der Waals surface area (Å²) in [6.45, 7) is 4.82. The first-order valence-electron chi connectivity index (χ1n) is 10.1. The van der Waals surface area contributed by atoms with Crippen LogP contribution >= 0.6 is 0 Å². The van der Waals surface area contributed by atoms with Crippen LogP contribution in [0.2, 0.25) is 0 Å². The summed E-state index contributed by atoms with van der Waals surface area (Å²) in [6.07, 6.45) is 0. The number of carboxylic acid groups (broad SMARTS) is 1. The third-order valence-electron chi connectivity index (χ3n) is 5.05. The molecule has 2 unspecified atom stereocenters. The average molecular weight is 436 g/mol. The zero-order valence-electron chi connectivity index (χ0n) is 17.9. The van der Waals surface area contributed by atoms with E-state index in [2.05, 4.69) is 10.6 Å². The predicted molar refractivity (Wildman–Crippen MR) is 119 cm³/mol. The molecule has 1 aromatic heterocycles. The highest BCUT2D eigenvalue weighted by molar-refractivity contribution is 5.99. The van der Waals surface area contributed by atoms with Gasteiger partial charge in [-0.25, -0.2) is 9.59 Å². The number of para-hydroxylation sites is 1. The third kappa shape index (κ3) is 5.03. The van der Waals surface area contributed by atoms with Gasteiger partial charge in [-0.3, -0.25) is 9.59 Å². The molecular weight excluding hydrogens is 412 g/mol. The first-order valence-corrected chi connectivity index (χ1v) is 10.1. The van der Waals surface area contributed by atoms with Crippen LogP contribution in [0, 0.1) is 5.92 Å². The van der Waals surface area contributed by atoms with Crippen LogP contribution in [-0.4, -0.2) is 35.0 Å². The summed E-state index contributed by atoms with van der Waals surface area (Å²) in [5.74, 6) is -2.60. The number of hydrogen-bond acceptors (Lipinski definition) is 5. The van der Waals surface area contributed by atoms with E-state index in [-0.39, 0.29) is 11.5 Å². The van der Waals surface area contributed by atoms with Crippen LogP contribution < -0.4 is 16.3 Å². The fourth-order valence-corrected chi connectivity index (χ4v) is 3.23. The molecule has 0 bridgehead atoms. The number of benzene rings is 2. The van der Waals surface area contributed by atoms with E-state index in [4.69, 9.17) is 4.42 Å². The smallest absolute Gasteiger partial charge is 0.344 e. The van der Waals surface area contributed by atoms with E-state index in [1.54, 1.807) is 50.2 Å². The number of amides is 2. The SMILES string of the molecule is CC(NC(=O)c1cccc(-c2cc3ccccc3oc2=O)c1)C(=O)NC(C(=O)O)C(C)C. The van der Waals surface area contributed by atoms with Crippen molar-refractivity contribution < 1.29 is 23.9 Å². The van der Waals surface area contributed by atoms with Gasteiger partial charge >= 0.3 is 11.6 Å². The molecule has 8 nitrogen and oxygen atoms in total. The van der Waals surface area contributed by atoms with E-state index < -0.39 is 35.5 Å². The summed E-state index contributed by atoms with van der Waals surface area (Å²) in [4.78, 5) is 48.7. The minimum atomic E-state index is -1.14. The quantitative estimate of drug-likeness (QED) is 0.489. The van der Waals surface area contributed by atoms with Gasteiger partial charge in [0, 0.05) is 10.9 Å². The molecule has 0 aliphatic carbocycles. The number of carbonyl (C=O) groups is 3. The highest BCUT2D eigenvalue weighted by Gasteiger charge is 2.26. The molecule has 3 aromatic rings. The molecule has 0 aliphatic rings. The van der Waals surface area contributed by atoms with Crippen molar-refractivity contribution in [3.05, 3.63) is 70.6 Å². The van der Waals surface area contributed by atoms with Crippen molar-refractivity contribution in [2.45, 2.75) is 32.9 Å². The molecule has 2 atom stereocenters. The van der Waals surface area contributed by atoms with Crippen LogP contribution in [0.15, 0.2) is 63.8 Å². The second-order valence-corrected chi connectivity index (χ2v) is 7.83. The highest BCUT2D eigenvalue weighted by atomic mass is 16.4. The molecule has 2 amide bonds. The fraction of sp³-hybridized carbons (Fsp3) is 0.250. The van der Waals surface area contributed by atoms with E-state index in [0.29, 0.717) is 16.7 Å². The van der Waals surface area contributed by atoms with Crippen molar-refractivity contribution in [1.29, 1.82) is 0 Å². The Kier molecular flexibility index (Phi) is 6.73. The normalized spacial score (nSPS) is 12.9. The van der Waals surface area contributed by atoms with Gasteiger partial charge in [0.05, 0.1) is 5.56 Å². The molecule has 0 radical (unpaired) electrons. The summed E-state index contributed by atoms with van der Waals surface area (Å²) in [6, 6.07) is 13.2. The number of hydrogen-bond donors (Lipinski definition) is 3. The average Bonchev–Trinajstić information content (AvgIpc) is 2.76. The van der Waals surface area contributed by atoms with E-state index in [9.17, 15) is 24.3 Å². The van der Waals surface area contributed by atoms with Gasteiger partial charge in [-0.05, 0) is 42.7 Å². The highest BCUT2D eigenvalue weighted by Crippen LogP contribution is 2.22. The van der Waals surface area contributed by atoms with E-state index in [0.717, 1.165) is 5.39 Å². The summed E-state index contributed by atoms with van der Waals surface area (Å²) >= 11 is 0. The standard InChI is InChI=1S/C24H24N2O6/c1-13(2)20(23(29)30)26-21(27)14(3)25-22(28)17-9-6-8-15(11-17)18-12-16-7-4-5-10-19(16)32-24(18)31/h4-14,20H,1-3H3,(H,25,28)(H,26,27)(H,29,30). The number of carboxylic acids is 1. The first kappa shape index (κ1) is 22.7. The van der Waals surface area contributed by atoms with Crippen molar-refractivity contribution in [2.75, 3.05) is 0 Å². The topological polar surface area (TPSA) is 126 Å². The molecule has 0 fully saturated rings. The van der Waals surface area contributed by atoms with Crippen molar-refractivity contribution in [2.24, 2.45) is 5.92 Å². The molecule has 0 saturated heterocycles. The van der Waals surface area contributed by atoms with Gasteiger partial charge in [-0.15, -0.1) is 0 Å². The van der Waals surface area contributed by atoms with Gasteiger partial charge in [0.1, 0.15) is 17.7 Å². The Morgan fingerprint density at radius 2 is 1.66 bits per heavy atom. The largest absolute Gasteiger partial charge is 0.480 e. The zero-order valence-corrected chi connectivity index (χ0v) is 17.9. The summed E-state index contributed by atoms with van der Waals surface area (Å²) in [7, 11) is 0. The number of fused-ring (bicyclic) bond motifs is 1. The van der Waals surface area contributed by atoms with Gasteiger partial charge in [-0.1, -0.05) is 44.2 Å². The Morgan fingerprint density at radius 1 is 0.938 bits per heavy atom. The molecule has 0 aliphatic heterocycles. The van der Waals surface area contributed by atoms with Crippen LogP contribution in [0.4, 0.5) is 0 Å². The van der Waals surface area contributed by atoms with Crippen LogP contribution in [0.3, 0.4) is 0 Å². The number of aliphatic carboxylic acids is 1. The van der Waals surface area contributed by atoms with Crippen molar-refractivity contribution in [1.82, 2.24) is 10.6 Å². The van der Waals surface area contributed by atoms with Crippen molar-refractivity contribution in [3.8, 4) is 11.1 Å². The summed E-state index contributed by atoms with van der Waals surface area (Å²) < 4.78 is 5.36. The Hall–Kier alpha value is -3.94. The molecule has 1 heterocycles. The molecule has 3 N–H and O–H groups in total. The van der Waals surface area contributed by atoms with Crippen molar-refractivity contribution >= 4 is 28.8 Å². The van der Waals surface area contributed by atoms with Crippen LogP contribution in [0.25, 0.3) is 22.1 Å². The Balaban J connectivity index is 1.78. The minimum absolute atomic E-state index is 0.244. The van der Waals surface area contributed by atoms with Gasteiger partial charge in [0.2, 0.25) is 5.91 Å². The summed E-state index contributed by atoms with van der Waals surface area (Å²) in [5, 5.41) is 15.0. The van der Waals surface area contributed by atoms with E-state index in [1.807, 2.05) is 12.1 Å². The lowest BCUT2D eigenvalue weighted by Gasteiger charge is -2.21. The Morgan fingerprint density at radius 3 is 2.34 bits per heavy atom. The monoisotopic (exact) mass is 436 g/mol. The van der Waals surface area contributed by atoms with Gasteiger partial charge < -0.3 is 20.2 Å². The maximum Gasteiger partial charge on any atom is 0.344 e. The first-order chi connectivity index (χ1) is 15.2. The number of carbonyl (C=O) groups excluding carboxylic acids is 2. The molecule has 3 rings (SSSR count). The Bertz CT molecular complexity index is 1230. The lowest BCUT2D eigenvalue weighted by atomic mass is 10.0. The Labute approximate surface area is 184 Å². The zero-order chi connectivity index (χ0) is 23.4. The minimum Gasteiger partial charge on any atom is -0.480 e. The fourth-order valence-electron chi connectivity index (χ4n) is 3.23. The number of rotatable bonds is 7. The predicted octanol–water partition coefficient (Wildman–Crippen LogP) is 2.80. The molecule has 166 valence electrons. The molecule has 0 spiro atoms.